The Morgan fingerprint density at radius 3 is 2.18 bits per heavy atom. The highest BCUT2D eigenvalue weighted by Crippen LogP contribution is 2.37. The van der Waals surface area contributed by atoms with E-state index >= 15 is 0 Å². The van der Waals surface area contributed by atoms with E-state index in [9.17, 15) is 14.9 Å². The van der Waals surface area contributed by atoms with Crippen molar-refractivity contribution in [1.82, 2.24) is 4.57 Å². The van der Waals surface area contributed by atoms with Crippen molar-refractivity contribution in [2.45, 2.75) is 6.92 Å². The van der Waals surface area contributed by atoms with Gasteiger partial charge >= 0.3 is 0 Å². The summed E-state index contributed by atoms with van der Waals surface area (Å²) in [5.74, 6) is 0. The third kappa shape index (κ3) is 3.72. The average molecular weight is 511 g/mol. The van der Waals surface area contributed by atoms with Crippen molar-refractivity contribution in [2.75, 3.05) is 0 Å². The molecule has 0 saturated carbocycles. The fourth-order valence-electron chi connectivity index (χ4n) is 4.27. The quantitative estimate of drug-likeness (QED) is 0.188. The molecular weight excluding hydrogens is 492 g/mol. The van der Waals surface area contributed by atoms with Gasteiger partial charge in [-0.3, -0.25) is 14.9 Å². The summed E-state index contributed by atoms with van der Waals surface area (Å²) in [7, 11) is 0. The second-order valence-corrected chi connectivity index (χ2v) is 8.88. The fourth-order valence-corrected chi connectivity index (χ4v) is 4.94. The first-order valence-corrected chi connectivity index (χ1v) is 11.5. The Balaban J connectivity index is 1.98. The fraction of sp³-hybridized carbons (Fsp3) is 0.0357. The van der Waals surface area contributed by atoms with Crippen molar-refractivity contribution < 1.29 is 4.92 Å². The van der Waals surface area contributed by atoms with Gasteiger partial charge in [0.2, 0.25) is 0 Å². The van der Waals surface area contributed by atoms with Crippen molar-refractivity contribution in [3.63, 3.8) is 0 Å². The zero-order valence-corrected chi connectivity index (χ0v) is 19.8. The highest BCUT2D eigenvalue weighted by atomic mass is 79.9. The highest BCUT2D eigenvalue weighted by molar-refractivity contribution is 9.10. The lowest BCUT2D eigenvalue weighted by Gasteiger charge is -2.22. The van der Waals surface area contributed by atoms with Crippen LogP contribution in [0.5, 0.6) is 0 Å². The number of hydrogen-bond donors (Lipinski definition) is 0. The number of nitro groups is 1. The van der Waals surface area contributed by atoms with Gasteiger partial charge in [0.1, 0.15) is 0 Å². The van der Waals surface area contributed by atoms with Gasteiger partial charge in [-0.25, -0.2) is 0 Å². The zero-order valence-electron chi connectivity index (χ0n) is 18.2. The average Bonchev–Trinajstić information content (AvgIpc) is 2.85. The molecule has 0 atom stereocenters. The largest absolute Gasteiger partial charge is 0.307 e. The van der Waals surface area contributed by atoms with Gasteiger partial charge in [-0.05, 0) is 75.9 Å². The summed E-state index contributed by atoms with van der Waals surface area (Å²) >= 11 is 3.73. The third-order valence-corrected chi connectivity index (χ3v) is 6.47. The summed E-state index contributed by atoms with van der Waals surface area (Å²) in [6.45, 7) is 2.03. The third-order valence-electron chi connectivity index (χ3n) is 5.84. The Morgan fingerprint density at radius 1 is 0.824 bits per heavy atom. The van der Waals surface area contributed by atoms with Crippen molar-refractivity contribution in [1.29, 1.82) is 0 Å². The van der Waals surface area contributed by atoms with Gasteiger partial charge in [-0.2, -0.15) is 0 Å². The number of pyridine rings is 1. The van der Waals surface area contributed by atoms with E-state index < -0.39 is 4.92 Å². The maximum atomic E-state index is 13.9. The first-order chi connectivity index (χ1) is 16.5. The van der Waals surface area contributed by atoms with Gasteiger partial charge in [0, 0.05) is 22.0 Å². The Labute approximate surface area is 204 Å². The molecule has 0 amide bonds. The molecule has 1 heterocycles. The second-order valence-electron chi connectivity index (χ2n) is 8.03. The molecule has 6 heteroatoms. The summed E-state index contributed by atoms with van der Waals surface area (Å²) in [6.07, 6.45) is 0. The number of aryl methyl sites for hydroxylation is 1. The monoisotopic (exact) mass is 510 g/mol. The first-order valence-electron chi connectivity index (χ1n) is 10.7. The van der Waals surface area contributed by atoms with Crippen LogP contribution < -0.4 is 5.43 Å². The number of non-ortho nitro benzene ring substituents is 1. The lowest BCUT2D eigenvalue weighted by Crippen LogP contribution is -2.15. The molecule has 0 unspecified atom stereocenters. The lowest BCUT2D eigenvalue weighted by molar-refractivity contribution is -0.384. The van der Waals surface area contributed by atoms with Crippen LogP contribution >= 0.6 is 15.9 Å². The standard InChI is InChI=1S/C28H19BrN2O3/c1-18-11-16-25(23(29)17-18)30-24-10-6-5-9-22(24)28(32)26(27(30)20-7-3-2-4-8-20)19-12-14-21(15-13-19)31(33)34/h2-17H,1H3. The Hall–Kier alpha value is -4.03. The summed E-state index contributed by atoms with van der Waals surface area (Å²) in [4.78, 5) is 24.7. The second kappa shape index (κ2) is 8.72. The molecule has 0 fully saturated rings. The van der Waals surface area contributed by atoms with Crippen LogP contribution in [0, 0.1) is 17.0 Å². The van der Waals surface area contributed by atoms with Crippen LogP contribution in [0.2, 0.25) is 0 Å². The molecule has 34 heavy (non-hydrogen) atoms. The van der Waals surface area contributed by atoms with Crippen molar-refractivity contribution >= 4 is 32.5 Å². The van der Waals surface area contributed by atoms with E-state index in [1.165, 1.54) is 12.1 Å². The summed E-state index contributed by atoms with van der Waals surface area (Å²) < 4.78 is 2.99. The van der Waals surface area contributed by atoms with Gasteiger partial charge in [0.25, 0.3) is 5.69 Å². The number of nitrogens with zero attached hydrogens (tertiary/aromatic N) is 2. The first kappa shape index (κ1) is 21.8. The van der Waals surface area contributed by atoms with E-state index in [0.717, 1.165) is 32.5 Å². The normalized spacial score (nSPS) is 11.0. The minimum Gasteiger partial charge on any atom is -0.307 e. The Kier molecular flexibility index (Phi) is 5.59. The topological polar surface area (TPSA) is 65.1 Å². The number of nitro benzene ring substituents is 1. The van der Waals surface area contributed by atoms with Crippen LogP contribution in [0.4, 0.5) is 5.69 Å². The van der Waals surface area contributed by atoms with Crippen molar-refractivity contribution in [2.24, 2.45) is 0 Å². The van der Waals surface area contributed by atoms with Gasteiger partial charge in [-0.15, -0.1) is 0 Å². The maximum absolute atomic E-state index is 13.9. The number of hydrogen-bond acceptors (Lipinski definition) is 3. The van der Waals surface area contributed by atoms with E-state index in [0.29, 0.717) is 16.5 Å². The predicted molar refractivity (Wildman–Crippen MR) is 140 cm³/mol. The highest BCUT2D eigenvalue weighted by Gasteiger charge is 2.22. The molecule has 0 aliphatic heterocycles. The number of fused-ring (bicyclic) bond motifs is 1. The van der Waals surface area contributed by atoms with Crippen LogP contribution in [0.1, 0.15) is 5.56 Å². The molecule has 5 aromatic rings. The molecule has 0 radical (unpaired) electrons. The minimum atomic E-state index is -0.440. The zero-order chi connectivity index (χ0) is 23.8. The summed E-state index contributed by atoms with van der Waals surface area (Å²) in [5.41, 5.74) is 5.34. The SMILES string of the molecule is Cc1ccc(-n2c(-c3ccccc3)c(-c3ccc([N+](=O)[O-])cc3)c(=O)c3ccccc32)c(Br)c1. The molecule has 0 aliphatic rings. The van der Waals surface area contributed by atoms with Crippen LogP contribution in [0.15, 0.2) is 106 Å². The molecule has 0 N–H and O–H groups in total. The minimum absolute atomic E-state index is 0.0209. The Bertz CT molecular complexity index is 1610. The molecule has 166 valence electrons. The molecule has 1 aromatic heterocycles. The van der Waals surface area contributed by atoms with Crippen molar-refractivity contribution in [3.8, 4) is 28.1 Å². The van der Waals surface area contributed by atoms with E-state index in [1.54, 1.807) is 12.1 Å². The predicted octanol–water partition coefficient (Wildman–Crippen LogP) is 7.30. The van der Waals surface area contributed by atoms with Crippen LogP contribution in [0.3, 0.4) is 0 Å². The summed E-state index contributed by atoms with van der Waals surface area (Å²) in [6, 6.07) is 29.5. The number of aromatic nitrogens is 1. The van der Waals surface area contributed by atoms with Crippen LogP contribution in [-0.2, 0) is 0 Å². The van der Waals surface area contributed by atoms with Gasteiger partial charge in [-0.1, -0.05) is 48.5 Å². The lowest BCUT2D eigenvalue weighted by atomic mass is 9.95. The number of para-hydroxylation sites is 1. The van der Waals surface area contributed by atoms with Crippen molar-refractivity contribution in [3.05, 3.63) is 127 Å². The van der Waals surface area contributed by atoms with E-state index in [2.05, 4.69) is 20.5 Å². The van der Waals surface area contributed by atoms with E-state index in [4.69, 9.17) is 0 Å². The maximum Gasteiger partial charge on any atom is 0.269 e. The number of benzene rings is 4. The molecule has 0 saturated heterocycles. The number of rotatable bonds is 4. The van der Waals surface area contributed by atoms with Gasteiger partial charge in [0.15, 0.2) is 5.43 Å². The molecule has 0 bridgehead atoms. The number of halogens is 1. The van der Waals surface area contributed by atoms with Crippen LogP contribution in [-0.4, -0.2) is 9.49 Å². The smallest absolute Gasteiger partial charge is 0.269 e. The molecule has 5 rings (SSSR count). The molecule has 0 aliphatic carbocycles. The van der Waals surface area contributed by atoms with Gasteiger partial charge < -0.3 is 4.57 Å². The summed E-state index contributed by atoms with van der Waals surface area (Å²) in [5, 5.41) is 11.8. The molecule has 4 aromatic carbocycles. The van der Waals surface area contributed by atoms with Crippen LogP contribution in [0.25, 0.3) is 39.0 Å². The molecule has 0 spiro atoms. The molecule has 5 nitrogen and oxygen atoms in total. The van der Waals surface area contributed by atoms with Gasteiger partial charge in [0.05, 0.1) is 27.4 Å². The van der Waals surface area contributed by atoms with E-state index in [-0.39, 0.29) is 11.1 Å². The molecular formula is C28H19BrN2O3. The van der Waals surface area contributed by atoms with E-state index in [1.807, 2.05) is 79.7 Å². The Morgan fingerprint density at radius 2 is 1.50 bits per heavy atom.